The van der Waals surface area contributed by atoms with E-state index in [2.05, 4.69) is 4.72 Å². The summed E-state index contributed by atoms with van der Waals surface area (Å²) in [5.74, 6) is 0.237. The fourth-order valence-corrected chi connectivity index (χ4v) is 4.59. The molecule has 2 rings (SSSR count). The summed E-state index contributed by atoms with van der Waals surface area (Å²) in [5.41, 5.74) is 0. The van der Waals surface area contributed by atoms with Crippen LogP contribution in [0.3, 0.4) is 0 Å². The highest BCUT2D eigenvalue weighted by Crippen LogP contribution is 2.14. The van der Waals surface area contributed by atoms with Gasteiger partial charge in [-0.3, -0.25) is 0 Å². The van der Waals surface area contributed by atoms with Crippen LogP contribution in [0.2, 0.25) is 0 Å². The molecule has 20 heavy (non-hydrogen) atoms. The third-order valence-electron chi connectivity index (χ3n) is 3.09. The van der Waals surface area contributed by atoms with Gasteiger partial charge in [-0.2, -0.15) is 0 Å². The Morgan fingerprint density at radius 1 is 1.20 bits per heavy atom. The summed E-state index contributed by atoms with van der Waals surface area (Å²) in [4.78, 5) is 0. The summed E-state index contributed by atoms with van der Waals surface area (Å²) in [6.45, 7) is 2.51. The Morgan fingerprint density at radius 3 is 2.40 bits per heavy atom. The molecule has 1 saturated heterocycles. The van der Waals surface area contributed by atoms with Crippen molar-refractivity contribution in [3.8, 4) is 0 Å². The first kappa shape index (κ1) is 15.5. The monoisotopic (exact) mass is 322 g/mol. The van der Waals surface area contributed by atoms with Crippen LogP contribution in [-0.4, -0.2) is 46.5 Å². The van der Waals surface area contributed by atoms with Gasteiger partial charge in [0.05, 0.1) is 5.75 Å². The molecule has 0 spiro atoms. The number of rotatable bonds is 6. The van der Waals surface area contributed by atoms with Crippen LogP contribution in [0.1, 0.15) is 18.6 Å². The van der Waals surface area contributed by atoms with Gasteiger partial charge >= 0.3 is 0 Å². The van der Waals surface area contributed by atoms with Crippen molar-refractivity contribution in [2.75, 3.05) is 25.4 Å². The lowest BCUT2D eigenvalue weighted by Crippen LogP contribution is -2.36. The van der Waals surface area contributed by atoms with Crippen LogP contribution in [0.4, 0.5) is 0 Å². The van der Waals surface area contributed by atoms with Gasteiger partial charge in [-0.05, 0) is 31.9 Å². The van der Waals surface area contributed by atoms with E-state index in [0.717, 1.165) is 12.8 Å². The van der Waals surface area contributed by atoms with Crippen molar-refractivity contribution in [1.29, 1.82) is 0 Å². The van der Waals surface area contributed by atoms with Crippen LogP contribution in [0.15, 0.2) is 21.6 Å². The molecule has 1 aromatic rings. The van der Waals surface area contributed by atoms with Crippen LogP contribution in [-0.2, 0) is 20.0 Å². The van der Waals surface area contributed by atoms with Crippen LogP contribution in [0.5, 0.6) is 0 Å². The Labute approximate surface area is 119 Å². The highest BCUT2D eigenvalue weighted by atomic mass is 32.2. The second-order valence-corrected chi connectivity index (χ2v) is 8.47. The van der Waals surface area contributed by atoms with Gasteiger partial charge in [0, 0.05) is 19.6 Å². The van der Waals surface area contributed by atoms with E-state index in [-0.39, 0.29) is 17.4 Å². The molecule has 1 fully saturated rings. The van der Waals surface area contributed by atoms with Crippen LogP contribution in [0, 0.1) is 6.92 Å². The second-order valence-electron chi connectivity index (χ2n) is 4.69. The molecular formula is C11H18N2O5S2. The van der Waals surface area contributed by atoms with Gasteiger partial charge in [-0.15, -0.1) is 0 Å². The lowest BCUT2D eigenvalue weighted by Gasteiger charge is -2.15. The summed E-state index contributed by atoms with van der Waals surface area (Å²) in [5, 5.41) is -0.200. The van der Waals surface area contributed by atoms with Gasteiger partial charge in [0.25, 0.3) is 10.0 Å². The summed E-state index contributed by atoms with van der Waals surface area (Å²) in [7, 11) is -7.17. The van der Waals surface area contributed by atoms with Crippen LogP contribution < -0.4 is 4.72 Å². The minimum absolute atomic E-state index is 0.166. The maximum Gasteiger partial charge on any atom is 0.273 e. The van der Waals surface area contributed by atoms with Crippen molar-refractivity contribution in [2.24, 2.45) is 0 Å². The van der Waals surface area contributed by atoms with E-state index in [4.69, 9.17) is 4.42 Å². The van der Waals surface area contributed by atoms with Gasteiger partial charge < -0.3 is 4.42 Å². The normalized spacial score (nSPS) is 17.6. The number of nitrogens with one attached hydrogen (secondary N) is 1. The maximum atomic E-state index is 11.9. The van der Waals surface area contributed by atoms with Crippen LogP contribution >= 0.6 is 0 Å². The van der Waals surface area contributed by atoms with Crippen LogP contribution in [0.25, 0.3) is 0 Å². The third-order valence-corrected chi connectivity index (χ3v) is 6.30. The summed E-state index contributed by atoms with van der Waals surface area (Å²) < 4.78 is 56.2. The molecule has 2 heterocycles. The van der Waals surface area contributed by atoms with Gasteiger partial charge in [0.2, 0.25) is 15.1 Å². The van der Waals surface area contributed by atoms with Gasteiger partial charge in [-0.25, -0.2) is 25.9 Å². The van der Waals surface area contributed by atoms with E-state index in [9.17, 15) is 16.8 Å². The Hall–Kier alpha value is -0.900. The predicted molar refractivity (Wildman–Crippen MR) is 73.2 cm³/mol. The van der Waals surface area contributed by atoms with E-state index in [0.29, 0.717) is 18.8 Å². The first-order valence-corrected chi connectivity index (χ1v) is 9.44. The zero-order valence-electron chi connectivity index (χ0n) is 11.2. The smallest absolute Gasteiger partial charge is 0.273 e. The first-order chi connectivity index (χ1) is 9.31. The lowest BCUT2D eigenvalue weighted by atomic mass is 10.4. The molecule has 0 radical (unpaired) electrons. The molecule has 1 N–H and O–H groups in total. The Morgan fingerprint density at radius 2 is 1.85 bits per heavy atom. The Kier molecular flexibility index (Phi) is 4.52. The molecule has 7 nitrogen and oxygen atoms in total. The molecule has 0 amide bonds. The fraction of sp³-hybridized carbons (Fsp3) is 0.636. The summed E-state index contributed by atoms with van der Waals surface area (Å²) in [6.07, 6.45) is 1.72. The molecular weight excluding hydrogens is 304 g/mol. The molecule has 1 aliphatic heterocycles. The lowest BCUT2D eigenvalue weighted by molar-refractivity contribution is 0.425. The van der Waals surface area contributed by atoms with Crippen molar-refractivity contribution >= 4 is 20.0 Å². The number of aryl methyl sites for hydroxylation is 1. The molecule has 0 aromatic carbocycles. The summed E-state index contributed by atoms with van der Waals surface area (Å²) >= 11 is 0. The predicted octanol–water partition coefficient (Wildman–Crippen LogP) is 0.292. The third kappa shape index (κ3) is 3.60. The minimum atomic E-state index is -3.79. The average Bonchev–Trinajstić information content (AvgIpc) is 2.98. The second kappa shape index (κ2) is 5.84. The average molecular weight is 322 g/mol. The van der Waals surface area contributed by atoms with E-state index in [1.807, 2.05) is 0 Å². The van der Waals surface area contributed by atoms with E-state index in [1.165, 1.54) is 16.4 Å². The van der Waals surface area contributed by atoms with Gasteiger partial charge in [-0.1, -0.05) is 0 Å². The molecule has 0 bridgehead atoms. The molecule has 0 atom stereocenters. The van der Waals surface area contributed by atoms with Crippen molar-refractivity contribution in [2.45, 2.75) is 24.9 Å². The number of hydrogen-bond donors (Lipinski definition) is 1. The zero-order valence-corrected chi connectivity index (χ0v) is 12.8. The highest BCUT2D eigenvalue weighted by molar-refractivity contribution is 7.90. The van der Waals surface area contributed by atoms with E-state index >= 15 is 0 Å². The topological polar surface area (TPSA) is 96.7 Å². The number of furan rings is 1. The van der Waals surface area contributed by atoms with Gasteiger partial charge in [0.15, 0.2) is 0 Å². The molecule has 0 aliphatic carbocycles. The largest absolute Gasteiger partial charge is 0.449 e. The Balaban J connectivity index is 1.92. The van der Waals surface area contributed by atoms with E-state index < -0.39 is 20.0 Å². The Bertz CT molecular complexity index is 657. The van der Waals surface area contributed by atoms with Crippen molar-refractivity contribution < 1.29 is 21.3 Å². The van der Waals surface area contributed by atoms with Crippen molar-refractivity contribution in [1.82, 2.24) is 9.03 Å². The number of sulfonamides is 2. The molecule has 1 aromatic heterocycles. The molecule has 0 unspecified atom stereocenters. The van der Waals surface area contributed by atoms with Crippen molar-refractivity contribution in [3.63, 3.8) is 0 Å². The fourth-order valence-electron chi connectivity index (χ4n) is 2.03. The molecule has 1 aliphatic rings. The minimum Gasteiger partial charge on any atom is -0.449 e. The number of nitrogens with zero attached hydrogens (tertiary/aromatic N) is 1. The quantitative estimate of drug-likeness (QED) is 0.812. The maximum absolute atomic E-state index is 11.9. The highest BCUT2D eigenvalue weighted by Gasteiger charge is 2.26. The molecule has 114 valence electrons. The van der Waals surface area contributed by atoms with Gasteiger partial charge in [0.1, 0.15) is 5.76 Å². The SMILES string of the molecule is Cc1ccc(S(=O)(=O)NCCS(=O)(=O)N2CCCC2)o1. The number of hydrogen-bond acceptors (Lipinski definition) is 5. The summed E-state index contributed by atoms with van der Waals surface area (Å²) in [6, 6.07) is 2.88. The molecule has 0 saturated carbocycles. The first-order valence-electron chi connectivity index (χ1n) is 6.35. The standard InChI is InChI=1S/C11H18N2O5S2/c1-10-4-5-11(18-10)20(16,17)12-6-9-19(14,15)13-7-2-3-8-13/h4-5,12H,2-3,6-9H2,1H3. The van der Waals surface area contributed by atoms with E-state index in [1.54, 1.807) is 6.92 Å². The molecule has 9 heteroatoms. The van der Waals surface area contributed by atoms with Crippen molar-refractivity contribution in [3.05, 3.63) is 17.9 Å². The zero-order chi connectivity index (χ0) is 14.8.